The van der Waals surface area contributed by atoms with E-state index in [-0.39, 0.29) is 18.5 Å². The van der Waals surface area contributed by atoms with E-state index in [9.17, 15) is 14.7 Å². The monoisotopic (exact) mass is 296 g/mol. The summed E-state index contributed by atoms with van der Waals surface area (Å²) in [5, 5.41) is 15.7. The predicted molar refractivity (Wildman–Crippen MR) is 80.9 cm³/mol. The standard InChI is InChI=1S/C16H28N2O3/c1-3-16(4-2,15(20)21)10-17-14(19)13-9-11-7-5-6-8-12(11)18-13/h11-13,18H,3-10H2,1-2H3,(H,17,19)(H,20,21). The number of aliphatic carboxylic acids is 1. The average Bonchev–Trinajstić information content (AvgIpc) is 2.92. The number of hydrogen-bond acceptors (Lipinski definition) is 3. The van der Waals surface area contributed by atoms with E-state index in [1.165, 1.54) is 19.3 Å². The molecule has 3 unspecified atom stereocenters. The Kier molecular flexibility index (Phi) is 5.25. The molecule has 5 nitrogen and oxygen atoms in total. The van der Waals surface area contributed by atoms with Crippen LogP contribution in [0.3, 0.4) is 0 Å². The van der Waals surface area contributed by atoms with Crippen LogP contribution in [0.5, 0.6) is 0 Å². The quantitative estimate of drug-likeness (QED) is 0.699. The molecular formula is C16H28N2O3. The molecule has 1 saturated carbocycles. The highest BCUT2D eigenvalue weighted by Crippen LogP contribution is 2.33. The number of carbonyl (C=O) groups is 2. The zero-order chi connectivity index (χ0) is 15.5. The molecule has 2 rings (SSSR count). The Labute approximate surface area is 126 Å². The lowest BCUT2D eigenvalue weighted by Crippen LogP contribution is -2.48. The number of hydrogen-bond donors (Lipinski definition) is 3. The number of carboxylic acids is 1. The Morgan fingerprint density at radius 2 is 1.90 bits per heavy atom. The molecule has 0 aromatic carbocycles. The van der Waals surface area contributed by atoms with Crippen molar-refractivity contribution >= 4 is 11.9 Å². The van der Waals surface area contributed by atoms with Gasteiger partial charge in [-0.3, -0.25) is 9.59 Å². The summed E-state index contributed by atoms with van der Waals surface area (Å²) in [7, 11) is 0. The van der Waals surface area contributed by atoms with Crippen LogP contribution in [0, 0.1) is 11.3 Å². The van der Waals surface area contributed by atoms with Gasteiger partial charge in [-0.25, -0.2) is 0 Å². The van der Waals surface area contributed by atoms with Gasteiger partial charge >= 0.3 is 5.97 Å². The maximum absolute atomic E-state index is 12.3. The Morgan fingerprint density at radius 1 is 1.24 bits per heavy atom. The molecule has 0 spiro atoms. The fourth-order valence-electron chi connectivity index (χ4n) is 3.78. The van der Waals surface area contributed by atoms with Gasteiger partial charge < -0.3 is 15.7 Å². The molecule has 120 valence electrons. The van der Waals surface area contributed by atoms with Crippen LogP contribution in [-0.4, -0.2) is 35.6 Å². The highest BCUT2D eigenvalue weighted by Gasteiger charge is 2.40. The smallest absolute Gasteiger partial charge is 0.311 e. The van der Waals surface area contributed by atoms with Crippen LogP contribution < -0.4 is 10.6 Å². The van der Waals surface area contributed by atoms with Gasteiger partial charge in [-0.1, -0.05) is 26.7 Å². The van der Waals surface area contributed by atoms with Crippen molar-refractivity contribution in [2.24, 2.45) is 11.3 Å². The van der Waals surface area contributed by atoms with Crippen molar-refractivity contribution in [1.82, 2.24) is 10.6 Å². The van der Waals surface area contributed by atoms with Crippen LogP contribution in [0.1, 0.15) is 58.8 Å². The van der Waals surface area contributed by atoms with Crippen molar-refractivity contribution in [1.29, 1.82) is 0 Å². The molecule has 2 fully saturated rings. The maximum Gasteiger partial charge on any atom is 0.311 e. The van der Waals surface area contributed by atoms with Gasteiger partial charge in [-0.05, 0) is 38.0 Å². The number of carbonyl (C=O) groups excluding carboxylic acids is 1. The largest absolute Gasteiger partial charge is 0.481 e. The number of nitrogens with one attached hydrogen (secondary N) is 2. The van der Waals surface area contributed by atoms with Crippen molar-refractivity contribution in [3.63, 3.8) is 0 Å². The lowest BCUT2D eigenvalue weighted by atomic mass is 9.82. The predicted octanol–water partition coefficient (Wildman–Crippen LogP) is 1.91. The summed E-state index contributed by atoms with van der Waals surface area (Å²) in [5.41, 5.74) is -0.832. The summed E-state index contributed by atoms with van der Waals surface area (Å²) in [6.45, 7) is 3.96. The summed E-state index contributed by atoms with van der Waals surface area (Å²) >= 11 is 0. The van der Waals surface area contributed by atoms with Gasteiger partial charge in [0.15, 0.2) is 0 Å². The Hall–Kier alpha value is -1.10. The van der Waals surface area contributed by atoms with Crippen LogP contribution >= 0.6 is 0 Å². The first kappa shape index (κ1) is 16.3. The van der Waals surface area contributed by atoms with Crippen molar-refractivity contribution in [2.75, 3.05) is 6.54 Å². The Bertz CT molecular complexity index is 379. The number of carboxylic acid groups (broad SMARTS) is 1. The first-order chi connectivity index (χ1) is 10.0. The van der Waals surface area contributed by atoms with Gasteiger partial charge in [0, 0.05) is 12.6 Å². The maximum atomic E-state index is 12.3. The van der Waals surface area contributed by atoms with E-state index >= 15 is 0 Å². The van der Waals surface area contributed by atoms with Crippen molar-refractivity contribution in [3.05, 3.63) is 0 Å². The molecule has 3 N–H and O–H groups in total. The zero-order valence-electron chi connectivity index (χ0n) is 13.2. The number of amides is 1. The second-order valence-corrected chi connectivity index (χ2v) is 6.62. The minimum absolute atomic E-state index is 0.0306. The summed E-state index contributed by atoms with van der Waals surface area (Å²) in [6, 6.07) is 0.342. The molecule has 5 heteroatoms. The minimum Gasteiger partial charge on any atom is -0.481 e. The molecule has 0 radical (unpaired) electrons. The normalized spacial score (nSPS) is 29.0. The Balaban J connectivity index is 1.88. The van der Waals surface area contributed by atoms with Gasteiger partial charge in [-0.2, -0.15) is 0 Å². The van der Waals surface area contributed by atoms with E-state index in [2.05, 4.69) is 10.6 Å². The highest BCUT2D eigenvalue weighted by atomic mass is 16.4. The summed E-state index contributed by atoms with van der Waals surface area (Å²) < 4.78 is 0. The molecule has 1 amide bonds. The first-order valence-corrected chi connectivity index (χ1v) is 8.29. The number of rotatable bonds is 6. The first-order valence-electron chi connectivity index (χ1n) is 8.29. The van der Waals surface area contributed by atoms with E-state index in [0.717, 1.165) is 12.8 Å². The topological polar surface area (TPSA) is 78.4 Å². The molecule has 2 aliphatic rings. The SMILES string of the molecule is CCC(CC)(CNC(=O)C1CC2CCCCC2N1)C(=O)O. The van der Waals surface area contributed by atoms with Crippen molar-refractivity contribution in [2.45, 2.75) is 70.9 Å². The second-order valence-electron chi connectivity index (χ2n) is 6.62. The van der Waals surface area contributed by atoms with E-state index in [4.69, 9.17) is 0 Å². The summed E-state index contributed by atoms with van der Waals surface area (Å²) in [5.74, 6) is -0.228. The van der Waals surface area contributed by atoms with Crippen LogP contribution in [0.4, 0.5) is 0 Å². The van der Waals surface area contributed by atoms with E-state index < -0.39 is 11.4 Å². The molecule has 0 aromatic heterocycles. The van der Waals surface area contributed by atoms with Gasteiger partial charge in [0.05, 0.1) is 11.5 Å². The molecular weight excluding hydrogens is 268 g/mol. The van der Waals surface area contributed by atoms with Gasteiger partial charge in [0.1, 0.15) is 0 Å². The molecule has 1 aliphatic carbocycles. The van der Waals surface area contributed by atoms with Gasteiger partial charge in [0.25, 0.3) is 0 Å². The third kappa shape index (κ3) is 3.39. The van der Waals surface area contributed by atoms with Crippen LogP contribution in [0.15, 0.2) is 0 Å². The molecule has 3 atom stereocenters. The molecule has 0 aromatic rings. The minimum atomic E-state index is -0.832. The van der Waals surface area contributed by atoms with Crippen LogP contribution in [0.25, 0.3) is 0 Å². The van der Waals surface area contributed by atoms with Crippen molar-refractivity contribution in [3.8, 4) is 0 Å². The summed E-state index contributed by atoms with van der Waals surface area (Å²) in [4.78, 5) is 23.8. The van der Waals surface area contributed by atoms with Crippen LogP contribution in [-0.2, 0) is 9.59 Å². The summed E-state index contributed by atoms with van der Waals surface area (Å²) in [6.07, 6.45) is 6.85. The van der Waals surface area contributed by atoms with E-state index in [0.29, 0.717) is 24.8 Å². The van der Waals surface area contributed by atoms with E-state index in [1.807, 2.05) is 13.8 Å². The third-order valence-corrected chi connectivity index (χ3v) is 5.59. The Morgan fingerprint density at radius 3 is 2.48 bits per heavy atom. The van der Waals surface area contributed by atoms with Crippen LogP contribution in [0.2, 0.25) is 0 Å². The third-order valence-electron chi connectivity index (χ3n) is 5.59. The fraction of sp³-hybridized carbons (Fsp3) is 0.875. The molecule has 1 aliphatic heterocycles. The molecule has 0 bridgehead atoms. The second kappa shape index (κ2) is 6.77. The lowest BCUT2D eigenvalue weighted by molar-refractivity contribution is -0.149. The number of fused-ring (bicyclic) bond motifs is 1. The highest BCUT2D eigenvalue weighted by molar-refractivity contribution is 5.83. The zero-order valence-corrected chi connectivity index (χ0v) is 13.2. The molecule has 1 saturated heterocycles. The lowest BCUT2D eigenvalue weighted by Gasteiger charge is -2.27. The molecule has 1 heterocycles. The van der Waals surface area contributed by atoms with Gasteiger partial charge in [-0.15, -0.1) is 0 Å². The molecule has 21 heavy (non-hydrogen) atoms. The van der Waals surface area contributed by atoms with E-state index in [1.54, 1.807) is 0 Å². The van der Waals surface area contributed by atoms with Crippen molar-refractivity contribution < 1.29 is 14.7 Å². The van der Waals surface area contributed by atoms with Gasteiger partial charge in [0.2, 0.25) is 5.91 Å². The average molecular weight is 296 g/mol. The fourth-order valence-corrected chi connectivity index (χ4v) is 3.78.